The van der Waals surface area contributed by atoms with Gasteiger partial charge < -0.3 is 15.7 Å². The zero-order chi connectivity index (χ0) is 19.6. The highest BCUT2D eigenvalue weighted by Gasteiger charge is 2.16. The number of fused-ring (bicyclic) bond motifs is 1. The second-order valence-corrected chi connectivity index (χ2v) is 8.72. The van der Waals surface area contributed by atoms with E-state index in [2.05, 4.69) is 48.5 Å². The van der Waals surface area contributed by atoms with Crippen molar-refractivity contribution < 1.29 is 9.90 Å². The average Bonchev–Trinajstić information content (AvgIpc) is 2.96. The maximum absolute atomic E-state index is 11.1. The highest BCUT2D eigenvalue weighted by molar-refractivity contribution is 7.22. The van der Waals surface area contributed by atoms with E-state index in [1.807, 2.05) is 30.3 Å². The molecule has 5 nitrogen and oxygen atoms in total. The third-order valence-electron chi connectivity index (χ3n) is 4.25. The van der Waals surface area contributed by atoms with E-state index in [4.69, 9.17) is 0 Å². The zero-order valence-electron chi connectivity index (χ0n) is 16.0. The molecular weight excluding hydrogens is 358 g/mol. The second-order valence-electron chi connectivity index (χ2n) is 7.69. The van der Waals surface area contributed by atoms with Gasteiger partial charge in [0.1, 0.15) is 6.23 Å². The van der Waals surface area contributed by atoms with E-state index in [9.17, 15) is 9.90 Å². The highest BCUT2D eigenvalue weighted by atomic mass is 32.1. The van der Waals surface area contributed by atoms with E-state index < -0.39 is 6.23 Å². The fourth-order valence-corrected chi connectivity index (χ4v) is 3.75. The van der Waals surface area contributed by atoms with E-state index in [1.165, 1.54) is 12.5 Å². The van der Waals surface area contributed by atoms with Gasteiger partial charge in [-0.15, -0.1) is 0 Å². The molecule has 0 radical (unpaired) electrons. The number of anilines is 2. The Labute approximate surface area is 163 Å². The number of aliphatic hydroxyl groups is 1. The first-order valence-electron chi connectivity index (χ1n) is 8.93. The summed E-state index contributed by atoms with van der Waals surface area (Å²) in [6.07, 6.45) is -0.289. The highest BCUT2D eigenvalue weighted by Crippen LogP contribution is 2.31. The molecule has 1 aromatic heterocycles. The Morgan fingerprint density at radius 1 is 1.19 bits per heavy atom. The van der Waals surface area contributed by atoms with Gasteiger partial charge in [0.15, 0.2) is 5.13 Å². The number of carbonyl (C=O) groups excluding carboxylic acids is 1. The van der Waals surface area contributed by atoms with Gasteiger partial charge in [-0.25, -0.2) is 4.98 Å². The van der Waals surface area contributed by atoms with Crippen LogP contribution in [0, 0.1) is 0 Å². The van der Waals surface area contributed by atoms with Gasteiger partial charge >= 0.3 is 0 Å². The molecule has 3 rings (SSSR count). The van der Waals surface area contributed by atoms with Crippen molar-refractivity contribution in [2.45, 2.75) is 45.8 Å². The Morgan fingerprint density at radius 2 is 1.89 bits per heavy atom. The molecule has 0 saturated carbocycles. The van der Waals surface area contributed by atoms with Crippen molar-refractivity contribution in [2.75, 3.05) is 10.6 Å². The van der Waals surface area contributed by atoms with Crippen molar-refractivity contribution in [3.8, 4) is 0 Å². The van der Waals surface area contributed by atoms with Crippen LogP contribution in [-0.4, -0.2) is 22.2 Å². The summed E-state index contributed by atoms with van der Waals surface area (Å²) in [6.45, 7) is 8.05. The minimum absolute atomic E-state index is 0.0920. The van der Waals surface area contributed by atoms with E-state index >= 15 is 0 Å². The van der Waals surface area contributed by atoms with E-state index in [1.54, 1.807) is 11.3 Å². The molecule has 0 fully saturated rings. The van der Waals surface area contributed by atoms with Gasteiger partial charge in [-0.05, 0) is 40.8 Å². The van der Waals surface area contributed by atoms with Crippen molar-refractivity contribution in [3.05, 3.63) is 53.6 Å². The molecule has 3 aromatic rings. The van der Waals surface area contributed by atoms with Crippen LogP contribution >= 0.6 is 11.3 Å². The number of amides is 1. The van der Waals surface area contributed by atoms with Crippen LogP contribution in [-0.2, 0) is 16.6 Å². The van der Waals surface area contributed by atoms with Crippen molar-refractivity contribution >= 4 is 38.3 Å². The summed E-state index contributed by atoms with van der Waals surface area (Å²) in [5.41, 5.74) is 4.01. The summed E-state index contributed by atoms with van der Waals surface area (Å²) in [4.78, 5) is 15.6. The molecule has 1 amide bonds. The fraction of sp³-hybridized carbons (Fsp3) is 0.333. The minimum Gasteiger partial charge on any atom is -0.373 e. The molecule has 0 aliphatic heterocycles. The predicted molar refractivity (Wildman–Crippen MR) is 112 cm³/mol. The maximum atomic E-state index is 11.1. The Kier molecular flexibility index (Phi) is 5.48. The summed E-state index contributed by atoms with van der Waals surface area (Å²) in [7, 11) is 0. The molecule has 3 N–H and O–H groups in total. The van der Waals surface area contributed by atoms with Crippen LogP contribution in [0.3, 0.4) is 0 Å². The monoisotopic (exact) mass is 383 g/mol. The lowest BCUT2D eigenvalue weighted by Gasteiger charge is -2.18. The summed E-state index contributed by atoms with van der Waals surface area (Å²) in [6, 6.07) is 13.8. The first-order valence-corrected chi connectivity index (χ1v) is 9.74. The Balaban J connectivity index is 1.66. The lowest BCUT2D eigenvalue weighted by atomic mass is 9.87. The summed E-state index contributed by atoms with van der Waals surface area (Å²) in [5, 5.41) is 16.9. The van der Waals surface area contributed by atoms with Crippen LogP contribution in [0.5, 0.6) is 0 Å². The number of hydrogen-bond donors (Lipinski definition) is 3. The van der Waals surface area contributed by atoms with Gasteiger partial charge in [-0.1, -0.05) is 50.3 Å². The molecule has 1 heterocycles. The average molecular weight is 384 g/mol. The number of rotatable bonds is 5. The Bertz CT molecular complexity index is 942. The molecular formula is C21H25N3O2S. The molecule has 1 unspecified atom stereocenters. The first kappa shape index (κ1) is 19.3. The van der Waals surface area contributed by atoms with E-state index in [0.29, 0.717) is 11.6 Å². The maximum Gasteiger partial charge on any atom is 0.221 e. The quantitative estimate of drug-likeness (QED) is 0.566. The van der Waals surface area contributed by atoms with Crippen LogP contribution in [0.15, 0.2) is 42.5 Å². The third-order valence-corrected chi connectivity index (χ3v) is 5.20. The smallest absolute Gasteiger partial charge is 0.221 e. The molecule has 142 valence electrons. The first-order chi connectivity index (χ1) is 12.7. The van der Waals surface area contributed by atoms with Gasteiger partial charge in [0.05, 0.1) is 10.2 Å². The molecule has 0 aliphatic rings. The van der Waals surface area contributed by atoms with Gasteiger partial charge in [0, 0.05) is 19.0 Å². The van der Waals surface area contributed by atoms with E-state index in [0.717, 1.165) is 21.5 Å². The number of aliphatic hydroxyl groups excluding tert-OH is 1. The molecule has 0 spiro atoms. The predicted octanol–water partition coefficient (Wildman–Crippen LogP) is 4.53. The summed E-state index contributed by atoms with van der Waals surface area (Å²) < 4.78 is 1.11. The molecule has 2 aromatic carbocycles. The van der Waals surface area contributed by atoms with Gasteiger partial charge in [0.25, 0.3) is 0 Å². The molecule has 0 saturated heterocycles. The van der Waals surface area contributed by atoms with Gasteiger partial charge in [-0.2, -0.15) is 0 Å². The Morgan fingerprint density at radius 3 is 2.52 bits per heavy atom. The number of nitrogens with one attached hydrogen (secondary N) is 2. The van der Waals surface area contributed by atoms with Crippen LogP contribution < -0.4 is 10.6 Å². The summed E-state index contributed by atoms with van der Waals surface area (Å²) >= 11 is 1.55. The van der Waals surface area contributed by atoms with Crippen molar-refractivity contribution in [2.24, 2.45) is 0 Å². The van der Waals surface area contributed by atoms with Gasteiger partial charge in [0.2, 0.25) is 5.91 Å². The van der Waals surface area contributed by atoms with Crippen molar-refractivity contribution in [3.63, 3.8) is 0 Å². The fourth-order valence-electron chi connectivity index (χ4n) is 2.80. The number of nitrogens with zero attached hydrogens (tertiary/aromatic N) is 1. The third kappa shape index (κ3) is 5.05. The second kappa shape index (κ2) is 7.66. The number of aromatic nitrogens is 1. The molecule has 27 heavy (non-hydrogen) atoms. The number of hydrogen-bond acceptors (Lipinski definition) is 5. The Hall–Kier alpha value is -2.44. The molecule has 0 aliphatic carbocycles. The number of carbonyl (C=O) groups is 1. The van der Waals surface area contributed by atoms with Crippen LogP contribution in [0.2, 0.25) is 0 Å². The SMILES string of the molecule is CC(=O)Nc1ccc(CC(O)Nc2nc3ccc(C(C)(C)C)cc3s2)cc1. The number of benzene rings is 2. The van der Waals surface area contributed by atoms with Crippen molar-refractivity contribution in [1.29, 1.82) is 0 Å². The number of thiazole rings is 1. The lowest BCUT2D eigenvalue weighted by molar-refractivity contribution is -0.114. The topological polar surface area (TPSA) is 74.2 Å². The van der Waals surface area contributed by atoms with Crippen LogP contribution in [0.1, 0.15) is 38.8 Å². The van der Waals surface area contributed by atoms with Crippen molar-refractivity contribution in [1.82, 2.24) is 4.98 Å². The van der Waals surface area contributed by atoms with Crippen LogP contribution in [0.4, 0.5) is 10.8 Å². The zero-order valence-corrected chi connectivity index (χ0v) is 16.9. The minimum atomic E-state index is -0.737. The normalized spacial score (nSPS) is 12.8. The largest absolute Gasteiger partial charge is 0.373 e. The molecule has 6 heteroatoms. The lowest BCUT2D eigenvalue weighted by Crippen LogP contribution is -2.21. The standard InChI is InChI=1S/C21H25N3O2S/c1-13(25)22-16-8-5-14(6-9-16)11-19(26)24-20-23-17-10-7-15(21(2,3)4)12-18(17)27-20/h5-10,12,19,26H,11H2,1-4H3,(H,22,25)(H,23,24). The van der Waals surface area contributed by atoms with E-state index in [-0.39, 0.29) is 11.3 Å². The summed E-state index contributed by atoms with van der Waals surface area (Å²) in [5.74, 6) is -0.102. The van der Waals surface area contributed by atoms with Crippen LogP contribution in [0.25, 0.3) is 10.2 Å². The molecule has 0 bridgehead atoms. The van der Waals surface area contributed by atoms with Gasteiger partial charge in [-0.3, -0.25) is 4.79 Å². The molecule has 1 atom stereocenters.